The van der Waals surface area contributed by atoms with Gasteiger partial charge < -0.3 is 9.64 Å². The minimum atomic E-state index is 0.164. The van der Waals surface area contributed by atoms with E-state index in [9.17, 15) is 4.79 Å². The fourth-order valence-corrected chi connectivity index (χ4v) is 4.23. The first-order valence-electron chi connectivity index (χ1n) is 8.54. The molecule has 130 valence electrons. The van der Waals surface area contributed by atoms with Crippen LogP contribution in [0.25, 0.3) is 0 Å². The van der Waals surface area contributed by atoms with Gasteiger partial charge in [0.05, 0.1) is 13.2 Å². The summed E-state index contributed by atoms with van der Waals surface area (Å²) in [6, 6.07) is 1.95. The van der Waals surface area contributed by atoms with Gasteiger partial charge in [-0.15, -0.1) is 11.3 Å². The molecule has 2 rings (SSSR count). The zero-order valence-electron chi connectivity index (χ0n) is 13.9. The van der Waals surface area contributed by atoms with Crippen molar-refractivity contribution >= 4 is 33.2 Å². The van der Waals surface area contributed by atoms with Crippen LogP contribution in [0.15, 0.2) is 15.9 Å². The first-order chi connectivity index (χ1) is 11.2. The minimum Gasteiger partial charge on any atom is -0.379 e. The lowest BCUT2D eigenvalue weighted by Gasteiger charge is -2.30. The Hall–Kier alpha value is -0.430. The standard InChI is InChI=1S/C17H27BrN2O2S/c1-2-3-4-5-7-20(9-8-19-10-12-22-13-11-19)17(21)16-15(18)6-14-23-16/h6,14H,2-5,7-13H2,1H3. The number of hydrogen-bond acceptors (Lipinski definition) is 4. The summed E-state index contributed by atoms with van der Waals surface area (Å²) in [6.07, 6.45) is 4.75. The van der Waals surface area contributed by atoms with Crippen LogP contribution in [0.1, 0.15) is 42.3 Å². The largest absolute Gasteiger partial charge is 0.379 e. The maximum Gasteiger partial charge on any atom is 0.265 e. The summed E-state index contributed by atoms with van der Waals surface area (Å²) in [7, 11) is 0. The first kappa shape index (κ1) is 18.9. The van der Waals surface area contributed by atoms with Gasteiger partial charge in [-0.25, -0.2) is 0 Å². The van der Waals surface area contributed by atoms with Crippen molar-refractivity contribution in [3.8, 4) is 0 Å². The molecule has 1 aromatic heterocycles. The van der Waals surface area contributed by atoms with Crippen LogP contribution >= 0.6 is 27.3 Å². The normalized spacial score (nSPS) is 15.7. The SMILES string of the molecule is CCCCCCN(CCN1CCOCC1)C(=O)c1sccc1Br. The molecule has 1 aliphatic rings. The Kier molecular flexibility index (Phi) is 8.58. The van der Waals surface area contributed by atoms with Crippen LogP contribution < -0.4 is 0 Å². The zero-order valence-corrected chi connectivity index (χ0v) is 16.3. The molecule has 0 radical (unpaired) electrons. The predicted molar refractivity (Wildman–Crippen MR) is 99.3 cm³/mol. The third-order valence-corrected chi connectivity index (χ3v) is 6.00. The molecule has 1 amide bonds. The number of hydrogen-bond donors (Lipinski definition) is 0. The Bertz CT molecular complexity index is 475. The molecule has 2 heterocycles. The summed E-state index contributed by atoms with van der Waals surface area (Å²) in [5.74, 6) is 0.164. The molecule has 6 heteroatoms. The topological polar surface area (TPSA) is 32.8 Å². The Morgan fingerprint density at radius 1 is 1.30 bits per heavy atom. The highest BCUT2D eigenvalue weighted by Gasteiger charge is 2.20. The number of morpholine rings is 1. The molecule has 0 saturated carbocycles. The van der Waals surface area contributed by atoms with E-state index in [4.69, 9.17) is 4.74 Å². The van der Waals surface area contributed by atoms with E-state index in [0.717, 1.165) is 61.7 Å². The van der Waals surface area contributed by atoms with Gasteiger partial charge in [0.1, 0.15) is 4.88 Å². The van der Waals surface area contributed by atoms with E-state index in [1.54, 1.807) is 0 Å². The number of halogens is 1. The molecule has 0 unspecified atom stereocenters. The van der Waals surface area contributed by atoms with Gasteiger partial charge in [0, 0.05) is 37.2 Å². The van der Waals surface area contributed by atoms with Crippen molar-refractivity contribution in [1.29, 1.82) is 0 Å². The molecule has 0 aliphatic carbocycles. The Balaban J connectivity index is 1.90. The smallest absolute Gasteiger partial charge is 0.265 e. The summed E-state index contributed by atoms with van der Waals surface area (Å²) in [5.41, 5.74) is 0. The van der Waals surface area contributed by atoms with Crippen LogP contribution in [0.4, 0.5) is 0 Å². The molecule has 1 aliphatic heterocycles. The lowest BCUT2D eigenvalue weighted by molar-refractivity contribution is 0.0324. The van der Waals surface area contributed by atoms with Crippen molar-refractivity contribution < 1.29 is 9.53 Å². The summed E-state index contributed by atoms with van der Waals surface area (Å²) < 4.78 is 6.31. The number of amides is 1. The quantitative estimate of drug-likeness (QED) is 0.587. The van der Waals surface area contributed by atoms with Gasteiger partial charge in [0.25, 0.3) is 5.91 Å². The van der Waals surface area contributed by atoms with Crippen molar-refractivity contribution in [1.82, 2.24) is 9.80 Å². The summed E-state index contributed by atoms with van der Waals surface area (Å²) in [6.45, 7) is 8.36. The maximum atomic E-state index is 12.8. The number of carbonyl (C=O) groups is 1. The Morgan fingerprint density at radius 2 is 2.09 bits per heavy atom. The number of unbranched alkanes of at least 4 members (excludes halogenated alkanes) is 3. The van der Waals surface area contributed by atoms with Gasteiger partial charge in [-0.3, -0.25) is 9.69 Å². The molecule has 4 nitrogen and oxygen atoms in total. The summed E-state index contributed by atoms with van der Waals surface area (Å²) in [4.78, 5) is 18.1. The van der Waals surface area contributed by atoms with Crippen LogP contribution in [-0.2, 0) is 4.74 Å². The van der Waals surface area contributed by atoms with Gasteiger partial charge in [-0.2, -0.15) is 0 Å². The zero-order chi connectivity index (χ0) is 16.5. The second-order valence-electron chi connectivity index (χ2n) is 5.90. The van der Waals surface area contributed by atoms with E-state index in [1.165, 1.54) is 30.6 Å². The molecule has 0 bridgehead atoms. The number of thiophene rings is 1. The lowest BCUT2D eigenvalue weighted by Crippen LogP contribution is -2.43. The van der Waals surface area contributed by atoms with Crippen molar-refractivity contribution in [2.24, 2.45) is 0 Å². The average Bonchev–Trinajstić information content (AvgIpc) is 3.00. The van der Waals surface area contributed by atoms with E-state index in [-0.39, 0.29) is 5.91 Å². The van der Waals surface area contributed by atoms with E-state index in [0.29, 0.717) is 0 Å². The molecular formula is C17H27BrN2O2S. The van der Waals surface area contributed by atoms with Crippen LogP contribution in [0.3, 0.4) is 0 Å². The van der Waals surface area contributed by atoms with Crippen LogP contribution in [0.5, 0.6) is 0 Å². The molecule has 0 N–H and O–H groups in total. The predicted octanol–water partition coefficient (Wildman–Crippen LogP) is 3.87. The average molecular weight is 403 g/mol. The highest BCUT2D eigenvalue weighted by Crippen LogP contribution is 2.24. The van der Waals surface area contributed by atoms with Gasteiger partial charge in [0.2, 0.25) is 0 Å². The number of nitrogens with zero attached hydrogens (tertiary/aromatic N) is 2. The molecule has 0 atom stereocenters. The van der Waals surface area contributed by atoms with Gasteiger partial charge in [-0.05, 0) is 33.8 Å². The fourth-order valence-electron chi connectivity index (χ4n) is 2.72. The van der Waals surface area contributed by atoms with Gasteiger partial charge >= 0.3 is 0 Å². The fraction of sp³-hybridized carbons (Fsp3) is 0.706. The van der Waals surface area contributed by atoms with E-state index >= 15 is 0 Å². The van der Waals surface area contributed by atoms with E-state index < -0.39 is 0 Å². The Morgan fingerprint density at radius 3 is 2.74 bits per heavy atom. The van der Waals surface area contributed by atoms with Gasteiger partial charge in [-0.1, -0.05) is 26.2 Å². The second-order valence-corrected chi connectivity index (χ2v) is 7.67. The molecule has 23 heavy (non-hydrogen) atoms. The number of ether oxygens (including phenoxy) is 1. The highest BCUT2D eigenvalue weighted by molar-refractivity contribution is 9.10. The molecule has 1 fully saturated rings. The van der Waals surface area contributed by atoms with Crippen LogP contribution in [-0.4, -0.2) is 61.6 Å². The third kappa shape index (κ3) is 6.18. The highest BCUT2D eigenvalue weighted by atomic mass is 79.9. The van der Waals surface area contributed by atoms with Crippen molar-refractivity contribution in [2.45, 2.75) is 32.6 Å². The molecular weight excluding hydrogens is 376 g/mol. The maximum absolute atomic E-state index is 12.8. The number of rotatable bonds is 9. The van der Waals surface area contributed by atoms with Crippen LogP contribution in [0, 0.1) is 0 Å². The third-order valence-electron chi connectivity index (χ3n) is 4.17. The van der Waals surface area contributed by atoms with Crippen molar-refractivity contribution in [3.63, 3.8) is 0 Å². The molecule has 1 saturated heterocycles. The van der Waals surface area contributed by atoms with Gasteiger partial charge in [0.15, 0.2) is 0 Å². The van der Waals surface area contributed by atoms with E-state index in [1.807, 2.05) is 16.3 Å². The Labute approximate surface area is 151 Å². The van der Waals surface area contributed by atoms with Crippen molar-refractivity contribution in [2.75, 3.05) is 45.9 Å². The minimum absolute atomic E-state index is 0.164. The second kappa shape index (κ2) is 10.4. The summed E-state index contributed by atoms with van der Waals surface area (Å²) >= 11 is 5.01. The monoisotopic (exact) mass is 402 g/mol. The number of carbonyl (C=O) groups excluding carboxylic acids is 1. The van der Waals surface area contributed by atoms with Crippen LogP contribution in [0.2, 0.25) is 0 Å². The summed E-state index contributed by atoms with van der Waals surface area (Å²) in [5, 5.41) is 1.97. The van der Waals surface area contributed by atoms with E-state index in [2.05, 4.69) is 27.8 Å². The molecule has 0 spiro atoms. The lowest BCUT2D eigenvalue weighted by atomic mass is 10.2. The first-order valence-corrected chi connectivity index (χ1v) is 10.2. The molecule has 1 aromatic rings. The molecule has 0 aromatic carbocycles. The van der Waals surface area contributed by atoms with Crippen molar-refractivity contribution in [3.05, 3.63) is 20.8 Å².